The highest BCUT2D eigenvalue weighted by molar-refractivity contribution is 6.34. The molecule has 0 bridgehead atoms. The number of aryl methyl sites for hydroxylation is 2. The van der Waals surface area contributed by atoms with Crippen LogP contribution < -0.4 is 10.2 Å². The van der Waals surface area contributed by atoms with Crippen LogP contribution in [0.4, 0.5) is 5.69 Å². The fourth-order valence-corrected chi connectivity index (χ4v) is 3.94. The maximum Gasteiger partial charge on any atom is 0.326 e. The van der Waals surface area contributed by atoms with Crippen molar-refractivity contribution in [2.45, 2.75) is 26.3 Å². The largest absolute Gasteiger partial charge is 0.480 e. The number of nitrogens with one attached hydrogen (secondary N) is 1. The van der Waals surface area contributed by atoms with Crippen LogP contribution in [0.25, 0.3) is 0 Å². The molecule has 33 heavy (non-hydrogen) atoms. The first-order valence-electron chi connectivity index (χ1n) is 10.3. The zero-order chi connectivity index (χ0) is 23.7. The van der Waals surface area contributed by atoms with Crippen LogP contribution in [0.1, 0.15) is 47.8 Å². The van der Waals surface area contributed by atoms with Gasteiger partial charge in [0.2, 0.25) is 0 Å². The van der Waals surface area contributed by atoms with E-state index in [0.29, 0.717) is 22.4 Å². The molecule has 1 aliphatic rings. The fourth-order valence-electron chi connectivity index (χ4n) is 3.94. The van der Waals surface area contributed by atoms with Crippen molar-refractivity contribution in [1.29, 1.82) is 0 Å². The van der Waals surface area contributed by atoms with E-state index in [0.717, 1.165) is 16.0 Å². The maximum atomic E-state index is 12.7. The molecule has 0 fully saturated rings. The summed E-state index contributed by atoms with van der Waals surface area (Å²) in [5, 5.41) is 12.2. The lowest BCUT2D eigenvalue weighted by molar-refractivity contribution is -0.139. The summed E-state index contributed by atoms with van der Waals surface area (Å²) in [4.78, 5) is 54.7. The van der Waals surface area contributed by atoms with E-state index in [1.807, 2.05) is 6.07 Å². The molecule has 4 rings (SSSR count). The molecule has 3 amide bonds. The summed E-state index contributed by atoms with van der Waals surface area (Å²) in [5.74, 6) is -2.50. The van der Waals surface area contributed by atoms with Gasteiger partial charge < -0.3 is 10.4 Å². The van der Waals surface area contributed by atoms with Crippen molar-refractivity contribution in [3.05, 3.63) is 94.3 Å². The third-order valence-electron chi connectivity index (χ3n) is 5.63. The molecular weight excluding hydrogens is 422 g/mol. The summed E-state index contributed by atoms with van der Waals surface area (Å²) >= 11 is 0. The quantitative estimate of drug-likeness (QED) is 0.566. The van der Waals surface area contributed by atoms with E-state index < -0.39 is 29.7 Å². The molecule has 1 atom stereocenters. The van der Waals surface area contributed by atoms with Crippen molar-refractivity contribution in [3.8, 4) is 0 Å². The molecule has 2 heterocycles. The zero-order valence-electron chi connectivity index (χ0n) is 18.0. The number of carboxylic acids is 1. The number of carbonyl (C=O) groups is 4. The molecular formula is C25H21N3O5. The second-order valence-electron chi connectivity index (χ2n) is 7.87. The third-order valence-corrected chi connectivity index (χ3v) is 5.63. The number of hydrogen-bond donors (Lipinski definition) is 2. The minimum Gasteiger partial charge on any atom is -0.480 e. The number of anilines is 1. The first-order chi connectivity index (χ1) is 15.8. The molecule has 1 aromatic heterocycles. The first kappa shape index (κ1) is 21.9. The molecule has 0 radical (unpaired) electrons. The third kappa shape index (κ3) is 4.10. The van der Waals surface area contributed by atoms with Crippen molar-refractivity contribution < 1.29 is 24.3 Å². The van der Waals surface area contributed by atoms with Crippen LogP contribution in [-0.2, 0) is 11.2 Å². The lowest BCUT2D eigenvalue weighted by Gasteiger charge is -2.18. The van der Waals surface area contributed by atoms with Crippen LogP contribution in [0.2, 0.25) is 0 Å². The van der Waals surface area contributed by atoms with Crippen molar-refractivity contribution >= 4 is 29.4 Å². The van der Waals surface area contributed by atoms with Crippen molar-refractivity contribution in [3.63, 3.8) is 0 Å². The maximum absolute atomic E-state index is 12.7. The number of benzene rings is 2. The summed E-state index contributed by atoms with van der Waals surface area (Å²) in [6.45, 7) is 3.59. The monoisotopic (exact) mass is 443 g/mol. The van der Waals surface area contributed by atoms with Crippen LogP contribution in [0, 0.1) is 13.8 Å². The first-order valence-corrected chi connectivity index (χ1v) is 10.3. The van der Waals surface area contributed by atoms with Crippen molar-refractivity contribution in [2.75, 3.05) is 4.90 Å². The van der Waals surface area contributed by atoms with E-state index in [4.69, 9.17) is 0 Å². The second-order valence-corrected chi connectivity index (χ2v) is 7.87. The number of amides is 3. The van der Waals surface area contributed by atoms with Crippen molar-refractivity contribution in [2.24, 2.45) is 0 Å². The number of aliphatic carboxylic acids is 1. The van der Waals surface area contributed by atoms with Gasteiger partial charge in [-0.1, -0.05) is 30.3 Å². The molecule has 3 aromatic rings. The average Bonchev–Trinajstić information content (AvgIpc) is 3.04. The van der Waals surface area contributed by atoms with Crippen LogP contribution in [0.5, 0.6) is 0 Å². The Morgan fingerprint density at radius 3 is 2.21 bits per heavy atom. The van der Waals surface area contributed by atoms with Crippen LogP contribution in [0.3, 0.4) is 0 Å². The normalized spacial score (nSPS) is 13.6. The summed E-state index contributed by atoms with van der Waals surface area (Å²) in [5.41, 5.74) is 3.52. The number of carbonyl (C=O) groups excluding carboxylic acids is 3. The van der Waals surface area contributed by atoms with E-state index in [2.05, 4.69) is 10.3 Å². The predicted molar refractivity (Wildman–Crippen MR) is 120 cm³/mol. The summed E-state index contributed by atoms with van der Waals surface area (Å²) in [6.07, 6.45) is 2.86. The zero-order valence-corrected chi connectivity index (χ0v) is 18.0. The highest BCUT2D eigenvalue weighted by atomic mass is 16.4. The Labute approximate surface area is 189 Å². The Hall–Kier alpha value is -4.33. The number of nitrogens with zero attached hydrogens (tertiary/aromatic N) is 2. The van der Waals surface area contributed by atoms with Gasteiger partial charge in [-0.2, -0.15) is 0 Å². The minimum atomic E-state index is -1.16. The number of rotatable bonds is 6. The van der Waals surface area contributed by atoms with Gasteiger partial charge in [0.1, 0.15) is 6.04 Å². The van der Waals surface area contributed by atoms with Crippen LogP contribution >= 0.6 is 0 Å². The number of hydrogen-bond acceptors (Lipinski definition) is 5. The SMILES string of the molecule is Cc1cccc(C)c1C(=O)NC(Cc1ccc(N2C(=O)c3ccncc3C2=O)cc1)C(=O)O. The molecule has 2 aromatic carbocycles. The van der Waals surface area contributed by atoms with E-state index in [-0.39, 0.29) is 12.0 Å². The lowest BCUT2D eigenvalue weighted by Crippen LogP contribution is -2.42. The number of imide groups is 1. The molecule has 2 N–H and O–H groups in total. The Morgan fingerprint density at radius 1 is 0.970 bits per heavy atom. The van der Waals surface area contributed by atoms with Gasteiger partial charge in [0, 0.05) is 24.4 Å². The molecule has 8 heteroatoms. The van der Waals surface area contributed by atoms with Gasteiger partial charge in [-0.05, 0) is 48.7 Å². The fraction of sp³-hybridized carbons (Fsp3) is 0.160. The topological polar surface area (TPSA) is 117 Å². The van der Waals surface area contributed by atoms with E-state index >= 15 is 0 Å². The molecule has 0 spiro atoms. The van der Waals surface area contributed by atoms with Crippen LogP contribution in [-0.4, -0.2) is 39.8 Å². The molecule has 0 saturated carbocycles. The van der Waals surface area contributed by atoms with Gasteiger partial charge in [-0.15, -0.1) is 0 Å². The molecule has 166 valence electrons. The Morgan fingerprint density at radius 2 is 1.61 bits per heavy atom. The van der Waals surface area contributed by atoms with Gasteiger partial charge in [-0.3, -0.25) is 19.4 Å². The average molecular weight is 443 g/mol. The molecule has 8 nitrogen and oxygen atoms in total. The molecule has 1 unspecified atom stereocenters. The number of pyridine rings is 1. The number of fused-ring (bicyclic) bond motifs is 1. The summed E-state index contributed by atoms with van der Waals surface area (Å²) in [6, 6.07) is 12.2. The standard InChI is InChI=1S/C25H21N3O5/c1-14-4-3-5-15(2)21(14)22(29)27-20(25(32)33)12-16-6-8-17(9-7-16)28-23(30)18-10-11-26-13-19(18)24(28)31/h3-11,13,20H,12H2,1-2H3,(H,27,29)(H,32,33). The van der Waals surface area contributed by atoms with Gasteiger partial charge in [0.05, 0.1) is 16.8 Å². The van der Waals surface area contributed by atoms with Gasteiger partial charge in [-0.25, -0.2) is 9.69 Å². The van der Waals surface area contributed by atoms with Gasteiger partial charge >= 0.3 is 5.97 Å². The Bertz CT molecular complexity index is 1230. The summed E-state index contributed by atoms with van der Waals surface area (Å²) in [7, 11) is 0. The smallest absolute Gasteiger partial charge is 0.326 e. The Balaban J connectivity index is 1.51. The van der Waals surface area contributed by atoms with Crippen LogP contribution in [0.15, 0.2) is 60.9 Å². The van der Waals surface area contributed by atoms with E-state index in [1.54, 1.807) is 50.2 Å². The van der Waals surface area contributed by atoms with E-state index in [1.165, 1.54) is 18.5 Å². The van der Waals surface area contributed by atoms with Gasteiger partial charge in [0.25, 0.3) is 17.7 Å². The Kier molecular flexibility index (Phi) is 5.74. The predicted octanol–water partition coefficient (Wildman–Crippen LogP) is 2.92. The summed E-state index contributed by atoms with van der Waals surface area (Å²) < 4.78 is 0. The van der Waals surface area contributed by atoms with Crippen molar-refractivity contribution in [1.82, 2.24) is 10.3 Å². The highest BCUT2D eigenvalue weighted by Crippen LogP contribution is 2.28. The van der Waals surface area contributed by atoms with Gasteiger partial charge in [0.15, 0.2) is 0 Å². The highest BCUT2D eigenvalue weighted by Gasteiger charge is 2.36. The number of aromatic nitrogens is 1. The minimum absolute atomic E-state index is 0.0400. The molecule has 0 saturated heterocycles. The molecule has 1 aliphatic heterocycles. The second kappa shape index (κ2) is 8.66. The lowest BCUT2D eigenvalue weighted by atomic mass is 10.0. The molecule has 0 aliphatic carbocycles. The van der Waals surface area contributed by atoms with E-state index in [9.17, 15) is 24.3 Å². The number of carboxylic acid groups (broad SMARTS) is 1.